The molecule has 1 amide bonds. The van der Waals surface area contributed by atoms with Crippen LogP contribution in [0.4, 0.5) is 0 Å². The number of carbonyl (C=O) groups excluding carboxylic acids is 2. The quantitative estimate of drug-likeness (QED) is 0.433. The first kappa shape index (κ1) is 25.5. The van der Waals surface area contributed by atoms with Gasteiger partial charge < -0.3 is 14.8 Å². The Morgan fingerprint density at radius 3 is 2.39 bits per heavy atom. The van der Waals surface area contributed by atoms with Crippen molar-refractivity contribution < 1.29 is 19.1 Å². The summed E-state index contributed by atoms with van der Waals surface area (Å²) in [5.41, 5.74) is 3.39. The van der Waals surface area contributed by atoms with E-state index < -0.39 is 5.97 Å². The summed E-state index contributed by atoms with van der Waals surface area (Å²) in [7, 11) is 1.62. The highest BCUT2D eigenvalue weighted by Crippen LogP contribution is 2.38. The number of rotatable bonds is 7. The molecule has 1 aromatic heterocycles. The summed E-state index contributed by atoms with van der Waals surface area (Å²) in [5, 5.41) is 7.75. The average Bonchev–Trinajstić information content (AvgIpc) is 3.29. The fraction of sp³-hybridized carbons (Fsp3) is 0.414. The minimum Gasteiger partial charge on any atom is -0.497 e. The van der Waals surface area contributed by atoms with Gasteiger partial charge in [-0.1, -0.05) is 20.8 Å². The average molecular weight is 490 g/mol. The van der Waals surface area contributed by atoms with Gasteiger partial charge in [0.1, 0.15) is 5.75 Å². The fourth-order valence-corrected chi connectivity index (χ4v) is 5.33. The highest BCUT2D eigenvalue weighted by atomic mass is 16.5. The summed E-state index contributed by atoms with van der Waals surface area (Å²) >= 11 is 0. The molecule has 190 valence electrons. The van der Waals surface area contributed by atoms with Gasteiger partial charge in [0, 0.05) is 17.2 Å². The summed E-state index contributed by atoms with van der Waals surface area (Å²) in [6.45, 7) is 8.82. The van der Waals surface area contributed by atoms with Crippen LogP contribution in [0, 0.1) is 11.3 Å². The van der Waals surface area contributed by atoms with E-state index in [4.69, 9.17) is 9.47 Å². The third kappa shape index (κ3) is 5.78. The summed E-state index contributed by atoms with van der Waals surface area (Å²) in [5.74, 6) is 0.777. The standard InChI is InChI=1S/C29H35N3O4/c1-6-36-28(34)25-16-26(20-9-13-24(35-5)14-10-20)32(31-25)23-11-7-21(8-12-23)27(33)30-22-15-19(2)17-29(3,4)18-22/h7-14,16,19,22H,6,15,17-18H2,1-5H3,(H,30,33)/t19-,22-/m1/s1. The predicted octanol–water partition coefficient (Wildman–Crippen LogP) is 5.67. The van der Waals surface area contributed by atoms with Crippen molar-refractivity contribution in [3.8, 4) is 22.7 Å². The maximum absolute atomic E-state index is 13.0. The molecular formula is C29H35N3O4. The smallest absolute Gasteiger partial charge is 0.358 e. The molecule has 1 aliphatic rings. The second-order valence-corrected chi connectivity index (χ2v) is 10.4. The molecule has 1 N–H and O–H groups in total. The van der Waals surface area contributed by atoms with Gasteiger partial charge in [0.15, 0.2) is 5.69 Å². The van der Waals surface area contributed by atoms with Crippen molar-refractivity contribution in [1.82, 2.24) is 15.1 Å². The number of carbonyl (C=O) groups is 2. The topological polar surface area (TPSA) is 82.5 Å². The van der Waals surface area contributed by atoms with E-state index in [0.717, 1.165) is 35.5 Å². The molecule has 2 aromatic carbocycles. The van der Waals surface area contributed by atoms with Gasteiger partial charge in [-0.25, -0.2) is 9.48 Å². The Morgan fingerprint density at radius 2 is 1.78 bits per heavy atom. The number of benzene rings is 2. The third-order valence-corrected chi connectivity index (χ3v) is 6.68. The maximum Gasteiger partial charge on any atom is 0.358 e. The molecule has 7 nitrogen and oxygen atoms in total. The maximum atomic E-state index is 13.0. The zero-order chi connectivity index (χ0) is 25.9. The molecule has 1 fully saturated rings. The number of nitrogens with one attached hydrogen (secondary N) is 1. The van der Waals surface area contributed by atoms with Gasteiger partial charge in [-0.15, -0.1) is 0 Å². The van der Waals surface area contributed by atoms with Gasteiger partial charge in [0.2, 0.25) is 0 Å². The van der Waals surface area contributed by atoms with Crippen LogP contribution in [0.2, 0.25) is 0 Å². The Hall–Kier alpha value is -3.61. The zero-order valence-electron chi connectivity index (χ0n) is 21.7. The molecule has 4 rings (SSSR count). The third-order valence-electron chi connectivity index (χ3n) is 6.68. The molecule has 3 aromatic rings. The molecule has 7 heteroatoms. The predicted molar refractivity (Wildman–Crippen MR) is 140 cm³/mol. The minimum atomic E-state index is -0.480. The summed E-state index contributed by atoms with van der Waals surface area (Å²) in [4.78, 5) is 25.4. The highest BCUT2D eigenvalue weighted by molar-refractivity contribution is 5.94. The van der Waals surface area contributed by atoms with Crippen molar-refractivity contribution in [3.05, 3.63) is 65.9 Å². The molecule has 1 aliphatic carbocycles. The second kappa shape index (κ2) is 10.6. The van der Waals surface area contributed by atoms with Crippen LogP contribution in [0.5, 0.6) is 5.75 Å². The van der Waals surface area contributed by atoms with Gasteiger partial charge >= 0.3 is 5.97 Å². The lowest BCUT2D eigenvalue weighted by molar-refractivity contribution is 0.0518. The van der Waals surface area contributed by atoms with E-state index in [2.05, 4.69) is 31.2 Å². The van der Waals surface area contributed by atoms with E-state index >= 15 is 0 Å². The minimum absolute atomic E-state index is 0.0699. The van der Waals surface area contributed by atoms with Gasteiger partial charge in [-0.05, 0) is 92.1 Å². The van der Waals surface area contributed by atoms with Gasteiger partial charge in [0.25, 0.3) is 5.91 Å². The Labute approximate surface area is 212 Å². The lowest BCUT2D eigenvalue weighted by Crippen LogP contribution is -2.42. The first-order chi connectivity index (χ1) is 17.2. The largest absolute Gasteiger partial charge is 0.497 e. The van der Waals surface area contributed by atoms with Crippen LogP contribution in [0.15, 0.2) is 54.6 Å². The Morgan fingerprint density at radius 1 is 1.08 bits per heavy atom. The molecule has 0 unspecified atom stereocenters. The summed E-state index contributed by atoms with van der Waals surface area (Å²) < 4.78 is 12.1. The second-order valence-electron chi connectivity index (χ2n) is 10.4. The molecule has 0 aliphatic heterocycles. The van der Waals surface area contributed by atoms with Gasteiger partial charge in [0.05, 0.1) is 25.1 Å². The van der Waals surface area contributed by atoms with Crippen LogP contribution in [0.3, 0.4) is 0 Å². The number of ether oxygens (including phenoxy) is 2. The normalized spacial score (nSPS) is 18.9. The van der Waals surface area contributed by atoms with Crippen LogP contribution in [-0.2, 0) is 4.74 Å². The van der Waals surface area contributed by atoms with E-state index in [-0.39, 0.29) is 29.7 Å². The Balaban J connectivity index is 1.59. The number of methoxy groups -OCH3 is 1. The Bertz CT molecular complexity index is 1210. The SMILES string of the molecule is CCOC(=O)c1cc(-c2ccc(OC)cc2)n(-c2ccc(C(=O)N[C@@H]3C[C@@H](C)CC(C)(C)C3)cc2)n1. The molecule has 0 radical (unpaired) electrons. The van der Waals surface area contributed by atoms with Crippen molar-refractivity contribution in [1.29, 1.82) is 0 Å². The number of amides is 1. The first-order valence-corrected chi connectivity index (χ1v) is 12.5. The van der Waals surface area contributed by atoms with Crippen LogP contribution in [0.25, 0.3) is 16.9 Å². The number of aromatic nitrogens is 2. The molecule has 0 bridgehead atoms. The van der Waals surface area contributed by atoms with Crippen LogP contribution in [0.1, 0.15) is 67.8 Å². The molecule has 1 heterocycles. The van der Waals surface area contributed by atoms with Crippen molar-refractivity contribution in [2.24, 2.45) is 11.3 Å². The molecule has 2 atom stereocenters. The zero-order valence-corrected chi connectivity index (χ0v) is 21.7. The van der Waals surface area contributed by atoms with Crippen molar-refractivity contribution in [2.75, 3.05) is 13.7 Å². The number of hydrogen-bond acceptors (Lipinski definition) is 5. The molecular weight excluding hydrogens is 454 g/mol. The Kier molecular flexibility index (Phi) is 7.48. The van der Waals surface area contributed by atoms with Crippen LogP contribution < -0.4 is 10.1 Å². The fourth-order valence-electron chi connectivity index (χ4n) is 5.33. The highest BCUT2D eigenvalue weighted by Gasteiger charge is 2.32. The van der Waals surface area contributed by atoms with E-state index in [0.29, 0.717) is 11.5 Å². The monoisotopic (exact) mass is 489 g/mol. The lowest BCUT2D eigenvalue weighted by atomic mass is 9.70. The lowest BCUT2D eigenvalue weighted by Gasteiger charge is -2.39. The molecule has 1 saturated carbocycles. The van der Waals surface area contributed by atoms with E-state index in [9.17, 15) is 9.59 Å². The molecule has 0 spiro atoms. The number of esters is 1. The number of hydrogen-bond donors (Lipinski definition) is 1. The van der Waals surface area contributed by atoms with Crippen LogP contribution >= 0.6 is 0 Å². The van der Waals surface area contributed by atoms with Gasteiger partial charge in [-0.2, -0.15) is 5.10 Å². The van der Waals surface area contributed by atoms with Crippen molar-refractivity contribution in [2.45, 2.75) is 53.0 Å². The number of nitrogens with zero attached hydrogens (tertiary/aromatic N) is 2. The van der Waals surface area contributed by atoms with Crippen molar-refractivity contribution in [3.63, 3.8) is 0 Å². The molecule has 0 saturated heterocycles. The van der Waals surface area contributed by atoms with Crippen molar-refractivity contribution >= 4 is 11.9 Å². The van der Waals surface area contributed by atoms with E-state index in [1.165, 1.54) is 6.42 Å². The van der Waals surface area contributed by atoms with E-state index in [1.54, 1.807) is 36.9 Å². The summed E-state index contributed by atoms with van der Waals surface area (Å²) in [6.07, 6.45) is 3.17. The van der Waals surface area contributed by atoms with Gasteiger partial charge in [-0.3, -0.25) is 4.79 Å². The first-order valence-electron chi connectivity index (χ1n) is 12.5. The molecule has 36 heavy (non-hydrogen) atoms. The van der Waals surface area contributed by atoms with Crippen LogP contribution in [-0.4, -0.2) is 41.4 Å². The van der Waals surface area contributed by atoms with E-state index in [1.807, 2.05) is 36.4 Å². The summed E-state index contributed by atoms with van der Waals surface area (Å²) in [6, 6.07) is 16.7.